The van der Waals surface area contributed by atoms with Gasteiger partial charge in [-0.25, -0.2) is 4.98 Å². The van der Waals surface area contributed by atoms with Gasteiger partial charge in [-0.1, -0.05) is 0 Å². The van der Waals surface area contributed by atoms with E-state index >= 15 is 0 Å². The van der Waals surface area contributed by atoms with Gasteiger partial charge in [0.2, 0.25) is 0 Å². The monoisotopic (exact) mass is 292 g/mol. The lowest BCUT2D eigenvalue weighted by Crippen LogP contribution is -2.30. The zero-order chi connectivity index (χ0) is 14.9. The van der Waals surface area contributed by atoms with Crippen LogP contribution >= 0.6 is 11.3 Å². The molecule has 0 aliphatic carbocycles. The Bertz CT molecular complexity index is 629. The van der Waals surface area contributed by atoms with Crippen molar-refractivity contribution in [1.29, 1.82) is 0 Å². The fraction of sp³-hybridized carbons (Fsp3) is 0.500. The second kappa shape index (κ2) is 5.75. The van der Waals surface area contributed by atoms with Crippen LogP contribution < -0.4 is 5.32 Å². The largest absolute Gasteiger partial charge is 0.349 e. The molecule has 2 rings (SSSR count). The van der Waals surface area contributed by atoms with Gasteiger partial charge in [0.05, 0.1) is 22.4 Å². The van der Waals surface area contributed by atoms with Crippen molar-refractivity contribution in [2.45, 2.75) is 40.7 Å². The highest BCUT2D eigenvalue weighted by Crippen LogP contribution is 2.17. The van der Waals surface area contributed by atoms with Crippen molar-refractivity contribution in [1.82, 2.24) is 20.1 Å². The van der Waals surface area contributed by atoms with Crippen molar-refractivity contribution >= 4 is 17.2 Å². The Morgan fingerprint density at radius 2 is 2.10 bits per heavy atom. The number of carbonyl (C=O) groups is 1. The van der Waals surface area contributed by atoms with Crippen molar-refractivity contribution in [2.75, 3.05) is 6.54 Å². The summed E-state index contributed by atoms with van der Waals surface area (Å²) in [5, 5.41) is 8.31. The molecular weight excluding hydrogens is 272 g/mol. The van der Waals surface area contributed by atoms with Crippen molar-refractivity contribution in [3.05, 3.63) is 33.0 Å². The molecule has 0 unspecified atom stereocenters. The Morgan fingerprint density at radius 1 is 1.40 bits per heavy atom. The number of amides is 1. The van der Waals surface area contributed by atoms with Gasteiger partial charge in [0.1, 0.15) is 4.88 Å². The smallest absolute Gasteiger partial charge is 0.263 e. The molecule has 0 bridgehead atoms. The number of aryl methyl sites for hydroxylation is 4. The minimum Gasteiger partial charge on any atom is -0.349 e. The Hall–Kier alpha value is -1.69. The first-order valence-corrected chi connectivity index (χ1v) is 7.45. The summed E-state index contributed by atoms with van der Waals surface area (Å²) < 4.78 is 1.94. The number of nitrogens with zero attached hydrogens (tertiary/aromatic N) is 3. The quantitative estimate of drug-likeness (QED) is 0.942. The first-order valence-electron chi connectivity index (χ1n) is 6.63. The Kier molecular flexibility index (Phi) is 4.23. The summed E-state index contributed by atoms with van der Waals surface area (Å²) in [4.78, 5) is 17.1. The molecule has 2 aromatic heterocycles. The van der Waals surface area contributed by atoms with E-state index in [1.54, 1.807) is 0 Å². The van der Waals surface area contributed by atoms with Crippen LogP contribution in [0.1, 0.15) is 44.7 Å². The van der Waals surface area contributed by atoms with Crippen molar-refractivity contribution < 1.29 is 4.79 Å². The molecule has 1 N–H and O–H groups in total. The minimum absolute atomic E-state index is 0.0542. The summed E-state index contributed by atoms with van der Waals surface area (Å²) in [7, 11) is 0. The summed E-state index contributed by atoms with van der Waals surface area (Å²) in [6.45, 7) is 10.4. The summed E-state index contributed by atoms with van der Waals surface area (Å²) in [6.07, 6.45) is 0. The second-order valence-electron chi connectivity index (χ2n) is 5.08. The van der Waals surface area contributed by atoms with E-state index in [-0.39, 0.29) is 11.9 Å². The highest BCUT2D eigenvalue weighted by Gasteiger charge is 2.15. The molecule has 0 spiro atoms. The molecule has 6 heteroatoms. The predicted octanol–water partition coefficient (Wildman–Crippen LogP) is 2.56. The normalized spacial score (nSPS) is 12.4. The maximum Gasteiger partial charge on any atom is 0.263 e. The fourth-order valence-corrected chi connectivity index (χ4v) is 3.08. The van der Waals surface area contributed by atoms with Crippen LogP contribution in [-0.4, -0.2) is 27.2 Å². The first-order chi connectivity index (χ1) is 9.38. The van der Waals surface area contributed by atoms with Gasteiger partial charge in [0.25, 0.3) is 5.91 Å². The molecule has 0 aliphatic heterocycles. The van der Waals surface area contributed by atoms with Gasteiger partial charge in [0.15, 0.2) is 0 Å². The Labute approximate surface area is 123 Å². The molecule has 0 saturated heterocycles. The summed E-state index contributed by atoms with van der Waals surface area (Å²) in [5.74, 6) is -0.0542. The van der Waals surface area contributed by atoms with E-state index in [1.807, 2.05) is 45.4 Å². The lowest BCUT2D eigenvalue weighted by Gasteiger charge is -2.15. The minimum atomic E-state index is -0.0542. The van der Waals surface area contributed by atoms with Crippen LogP contribution in [0.5, 0.6) is 0 Å². The number of carbonyl (C=O) groups excluding carboxylic acids is 1. The van der Waals surface area contributed by atoms with E-state index in [4.69, 9.17) is 0 Å². The summed E-state index contributed by atoms with van der Waals surface area (Å²) in [5.41, 5.74) is 2.90. The molecule has 108 valence electrons. The van der Waals surface area contributed by atoms with Gasteiger partial charge < -0.3 is 5.32 Å². The molecule has 0 aliphatic rings. The molecule has 0 saturated carbocycles. The summed E-state index contributed by atoms with van der Waals surface area (Å²) >= 11 is 1.43. The van der Waals surface area contributed by atoms with Gasteiger partial charge >= 0.3 is 0 Å². The molecule has 2 heterocycles. The lowest BCUT2D eigenvalue weighted by atomic mass is 10.3. The number of hydrogen-bond donors (Lipinski definition) is 1. The highest BCUT2D eigenvalue weighted by molar-refractivity contribution is 7.13. The van der Waals surface area contributed by atoms with E-state index in [0.717, 1.165) is 22.1 Å². The number of thiazole rings is 1. The third-order valence-corrected chi connectivity index (χ3v) is 4.20. The average molecular weight is 292 g/mol. The SMILES string of the molecule is Cc1cc(C)n([C@@H](C)CNC(=O)c2sc(C)nc2C)n1. The first kappa shape index (κ1) is 14.7. The molecule has 0 aromatic carbocycles. The van der Waals surface area contributed by atoms with Crippen molar-refractivity contribution in [2.24, 2.45) is 0 Å². The van der Waals surface area contributed by atoms with Gasteiger partial charge in [-0.3, -0.25) is 9.48 Å². The van der Waals surface area contributed by atoms with Crippen molar-refractivity contribution in [3.8, 4) is 0 Å². The van der Waals surface area contributed by atoms with E-state index in [9.17, 15) is 4.79 Å². The molecule has 20 heavy (non-hydrogen) atoms. The molecule has 5 nitrogen and oxygen atoms in total. The maximum absolute atomic E-state index is 12.1. The zero-order valence-corrected chi connectivity index (χ0v) is 13.3. The van der Waals surface area contributed by atoms with Crippen LogP contribution in [0.2, 0.25) is 0 Å². The lowest BCUT2D eigenvalue weighted by molar-refractivity contribution is 0.0951. The van der Waals surface area contributed by atoms with Crippen LogP contribution in [-0.2, 0) is 0 Å². The topological polar surface area (TPSA) is 59.8 Å². The van der Waals surface area contributed by atoms with E-state index in [0.29, 0.717) is 11.4 Å². The fourth-order valence-electron chi connectivity index (χ4n) is 2.24. The Morgan fingerprint density at radius 3 is 2.60 bits per heavy atom. The third-order valence-electron chi connectivity index (χ3n) is 3.13. The van der Waals surface area contributed by atoms with Crippen molar-refractivity contribution in [3.63, 3.8) is 0 Å². The van der Waals surface area contributed by atoms with Gasteiger partial charge in [-0.15, -0.1) is 11.3 Å². The second-order valence-corrected chi connectivity index (χ2v) is 6.28. The molecule has 0 fully saturated rings. The number of aromatic nitrogens is 3. The third kappa shape index (κ3) is 3.07. The molecule has 1 amide bonds. The predicted molar refractivity (Wildman–Crippen MR) is 80.3 cm³/mol. The van der Waals surface area contributed by atoms with Crippen LogP contribution in [0.25, 0.3) is 0 Å². The number of rotatable bonds is 4. The van der Waals surface area contributed by atoms with E-state index in [1.165, 1.54) is 11.3 Å². The molecule has 1 atom stereocenters. The van der Waals surface area contributed by atoms with Crippen LogP contribution in [0.4, 0.5) is 0 Å². The zero-order valence-electron chi connectivity index (χ0n) is 12.5. The van der Waals surface area contributed by atoms with Gasteiger partial charge in [-0.05, 0) is 40.7 Å². The maximum atomic E-state index is 12.1. The van der Waals surface area contributed by atoms with Crippen LogP contribution in [0.3, 0.4) is 0 Å². The van der Waals surface area contributed by atoms with Crippen LogP contribution in [0.15, 0.2) is 6.07 Å². The summed E-state index contributed by atoms with van der Waals surface area (Å²) in [6, 6.07) is 2.16. The number of hydrogen-bond acceptors (Lipinski definition) is 4. The molecule has 2 aromatic rings. The van der Waals surface area contributed by atoms with E-state index in [2.05, 4.69) is 15.4 Å². The molecule has 0 radical (unpaired) electrons. The van der Waals surface area contributed by atoms with E-state index < -0.39 is 0 Å². The average Bonchev–Trinajstić information content (AvgIpc) is 2.88. The Balaban J connectivity index is 2.00. The number of nitrogens with one attached hydrogen (secondary N) is 1. The van der Waals surface area contributed by atoms with Gasteiger partial charge in [-0.2, -0.15) is 5.10 Å². The standard InChI is InChI=1S/C14H20N4OS/c1-8-6-9(2)18(17-8)10(3)7-15-14(19)13-11(4)16-12(5)20-13/h6,10H,7H2,1-5H3,(H,15,19)/t10-/m0/s1. The highest BCUT2D eigenvalue weighted by atomic mass is 32.1. The molecular formula is C14H20N4OS. The van der Waals surface area contributed by atoms with Crippen LogP contribution in [0, 0.1) is 27.7 Å². The van der Waals surface area contributed by atoms with Gasteiger partial charge in [0, 0.05) is 12.2 Å².